The van der Waals surface area contributed by atoms with E-state index in [9.17, 15) is 4.79 Å². The van der Waals surface area contributed by atoms with Gasteiger partial charge in [0.15, 0.2) is 0 Å². The Balaban J connectivity index is 1.58. The molecule has 1 aromatic carbocycles. The summed E-state index contributed by atoms with van der Waals surface area (Å²) in [4.78, 5) is 17.1. The van der Waals surface area contributed by atoms with E-state index in [1.54, 1.807) is 17.5 Å². The highest BCUT2D eigenvalue weighted by atomic mass is 32.1. The number of hydrogen-bond acceptors (Lipinski definition) is 3. The van der Waals surface area contributed by atoms with Crippen molar-refractivity contribution in [2.75, 3.05) is 5.32 Å². The molecule has 0 aliphatic rings. The smallest absolute Gasteiger partial charge is 0.226 e. The van der Waals surface area contributed by atoms with Gasteiger partial charge in [-0.05, 0) is 58.8 Å². The van der Waals surface area contributed by atoms with E-state index in [1.165, 1.54) is 0 Å². The lowest BCUT2D eigenvalue weighted by Gasteiger charge is -2.18. The Kier molecular flexibility index (Phi) is 4.31. The fraction of sp³-hybridized carbons (Fsp3) is 0.100. The summed E-state index contributed by atoms with van der Waals surface area (Å²) in [7, 11) is 0. The molecule has 5 heteroatoms. The number of nitrogens with zero attached hydrogens (tertiary/aromatic N) is 2. The topological polar surface area (TPSA) is 46.9 Å². The third kappa shape index (κ3) is 3.32. The first-order valence-electron chi connectivity index (χ1n) is 8.09. The van der Waals surface area contributed by atoms with E-state index in [0.29, 0.717) is 6.42 Å². The molecule has 1 N–H and O–H groups in total. The summed E-state index contributed by atoms with van der Waals surface area (Å²) in [5.41, 5.74) is 2.82. The van der Waals surface area contributed by atoms with Crippen molar-refractivity contribution in [3.63, 3.8) is 0 Å². The van der Waals surface area contributed by atoms with Crippen LogP contribution in [-0.4, -0.2) is 15.5 Å². The number of carbonyl (C=O) groups is 1. The van der Waals surface area contributed by atoms with Gasteiger partial charge in [0, 0.05) is 24.0 Å². The van der Waals surface area contributed by atoms with Gasteiger partial charge in [-0.2, -0.15) is 11.3 Å². The van der Waals surface area contributed by atoms with Gasteiger partial charge in [0.2, 0.25) is 5.91 Å². The number of amides is 1. The molecule has 4 nitrogen and oxygen atoms in total. The second-order valence-electron chi connectivity index (χ2n) is 5.83. The molecule has 0 unspecified atom stereocenters. The highest BCUT2D eigenvalue weighted by Crippen LogP contribution is 2.26. The van der Waals surface area contributed by atoms with E-state index in [0.717, 1.165) is 22.2 Å². The second-order valence-corrected chi connectivity index (χ2v) is 6.61. The number of hydrogen-bond donors (Lipinski definition) is 1. The SMILES string of the molecule is O=C(C[C@@H](c1ccsc1)n1cccc1)Nc1cccc2ncccc12. The fourth-order valence-corrected chi connectivity index (χ4v) is 3.71. The zero-order valence-electron chi connectivity index (χ0n) is 13.5. The van der Waals surface area contributed by atoms with Crippen LogP contribution >= 0.6 is 11.3 Å². The van der Waals surface area contributed by atoms with Crippen LogP contribution in [0.2, 0.25) is 0 Å². The average molecular weight is 347 g/mol. The van der Waals surface area contributed by atoms with Crippen molar-refractivity contribution in [2.45, 2.75) is 12.5 Å². The first-order valence-corrected chi connectivity index (χ1v) is 9.04. The minimum absolute atomic E-state index is 0.00523. The predicted molar refractivity (Wildman–Crippen MR) is 102 cm³/mol. The summed E-state index contributed by atoms with van der Waals surface area (Å²) in [6.07, 6.45) is 6.13. The molecule has 0 spiro atoms. The summed E-state index contributed by atoms with van der Waals surface area (Å²) in [5, 5.41) is 8.14. The van der Waals surface area contributed by atoms with Gasteiger partial charge in [-0.15, -0.1) is 0 Å². The van der Waals surface area contributed by atoms with Gasteiger partial charge in [0.25, 0.3) is 0 Å². The number of nitrogens with one attached hydrogen (secondary N) is 1. The van der Waals surface area contributed by atoms with Crippen molar-refractivity contribution in [2.24, 2.45) is 0 Å². The molecule has 3 aromatic heterocycles. The Bertz CT molecular complexity index is 938. The van der Waals surface area contributed by atoms with E-state index in [-0.39, 0.29) is 11.9 Å². The molecule has 124 valence electrons. The summed E-state index contributed by atoms with van der Waals surface area (Å²) in [5.74, 6) is -0.0127. The van der Waals surface area contributed by atoms with Crippen LogP contribution in [0.25, 0.3) is 10.9 Å². The molecule has 25 heavy (non-hydrogen) atoms. The zero-order valence-corrected chi connectivity index (χ0v) is 14.3. The monoisotopic (exact) mass is 347 g/mol. The lowest BCUT2D eigenvalue weighted by Crippen LogP contribution is -2.19. The summed E-state index contributed by atoms with van der Waals surface area (Å²) >= 11 is 1.64. The second kappa shape index (κ2) is 6.91. The molecular weight excluding hydrogens is 330 g/mol. The van der Waals surface area contributed by atoms with Crippen molar-refractivity contribution in [3.8, 4) is 0 Å². The molecule has 1 atom stereocenters. The third-order valence-corrected chi connectivity index (χ3v) is 4.92. The van der Waals surface area contributed by atoms with E-state index < -0.39 is 0 Å². The van der Waals surface area contributed by atoms with Crippen LogP contribution < -0.4 is 5.32 Å². The lowest BCUT2D eigenvalue weighted by atomic mass is 10.1. The van der Waals surface area contributed by atoms with Crippen LogP contribution in [0, 0.1) is 0 Å². The van der Waals surface area contributed by atoms with Crippen LogP contribution in [0.4, 0.5) is 5.69 Å². The van der Waals surface area contributed by atoms with Gasteiger partial charge in [-0.3, -0.25) is 9.78 Å². The van der Waals surface area contributed by atoms with Crippen molar-refractivity contribution in [1.82, 2.24) is 9.55 Å². The van der Waals surface area contributed by atoms with Crippen molar-refractivity contribution >= 4 is 33.8 Å². The Labute approximate surface area is 149 Å². The molecule has 0 fully saturated rings. The third-order valence-electron chi connectivity index (χ3n) is 4.21. The van der Waals surface area contributed by atoms with Gasteiger partial charge in [-0.1, -0.05) is 6.07 Å². The normalized spacial score (nSPS) is 12.2. The summed E-state index contributed by atoms with van der Waals surface area (Å²) < 4.78 is 2.08. The molecule has 0 aliphatic heterocycles. The van der Waals surface area contributed by atoms with Crippen LogP contribution in [0.1, 0.15) is 18.0 Å². The number of fused-ring (bicyclic) bond motifs is 1. The number of thiophene rings is 1. The Morgan fingerprint density at radius 1 is 1.12 bits per heavy atom. The highest BCUT2D eigenvalue weighted by molar-refractivity contribution is 7.08. The first-order chi connectivity index (χ1) is 12.3. The summed E-state index contributed by atoms with van der Waals surface area (Å²) in [6, 6.07) is 15.6. The largest absolute Gasteiger partial charge is 0.346 e. The standard InChI is InChI=1S/C20H17N3OS/c24-20(22-18-7-3-6-17-16(18)5-4-9-21-17)13-19(15-8-12-25-14-15)23-10-1-2-11-23/h1-12,14,19H,13H2,(H,22,24)/t19-/m0/s1. The van der Waals surface area contributed by atoms with Crippen molar-refractivity contribution in [3.05, 3.63) is 83.4 Å². The number of rotatable bonds is 5. The van der Waals surface area contributed by atoms with E-state index in [2.05, 4.69) is 26.3 Å². The molecule has 0 aliphatic carbocycles. The average Bonchev–Trinajstić information content (AvgIpc) is 3.34. The van der Waals surface area contributed by atoms with E-state index in [4.69, 9.17) is 0 Å². The van der Waals surface area contributed by atoms with Crippen LogP contribution in [0.5, 0.6) is 0 Å². The zero-order chi connectivity index (χ0) is 17.1. The van der Waals surface area contributed by atoms with E-state index in [1.807, 2.05) is 60.2 Å². The molecular formula is C20H17N3OS. The maximum absolute atomic E-state index is 12.7. The minimum Gasteiger partial charge on any atom is -0.346 e. The molecule has 0 saturated heterocycles. The maximum atomic E-state index is 12.7. The first kappa shape index (κ1) is 15.6. The van der Waals surface area contributed by atoms with Gasteiger partial charge < -0.3 is 9.88 Å². The Morgan fingerprint density at radius 3 is 2.80 bits per heavy atom. The number of aromatic nitrogens is 2. The van der Waals surface area contributed by atoms with Crippen molar-refractivity contribution < 1.29 is 4.79 Å². The molecule has 0 bridgehead atoms. The number of pyridine rings is 1. The molecule has 4 aromatic rings. The quantitative estimate of drug-likeness (QED) is 0.568. The van der Waals surface area contributed by atoms with Gasteiger partial charge in [0.1, 0.15) is 0 Å². The fourth-order valence-electron chi connectivity index (χ4n) is 3.00. The van der Waals surface area contributed by atoms with Crippen LogP contribution in [-0.2, 0) is 4.79 Å². The maximum Gasteiger partial charge on any atom is 0.226 e. The number of benzene rings is 1. The lowest BCUT2D eigenvalue weighted by molar-refractivity contribution is -0.116. The predicted octanol–water partition coefficient (Wildman–Crippen LogP) is 4.72. The Morgan fingerprint density at radius 2 is 2.00 bits per heavy atom. The Hall–Kier alpha value is -2.92. The molecule has 4 rings (SSSR count). The molecule has 0 radical (unpaired) electrons. The van der Waals surface area contributed by atoms with Crippen molar-refractivity contribution in [1.29, 1.82) is 0 Å². The van der Waals surface area contributed by atoms with Crippen LogP contribution in [0.3, 0.4) is 0 Å². The molecule has 1 amide bonds. The number of anilines is 1. The minimum atomic E-state index is -0.0127. The van der Waals surface area contributed by atoms with Gasteiger partial charge >= 0.3 is 0 Å². The van der Waals surface area contributed by atoms with Gasteiger partial charge in [-0.25, -0.2) is 0 Å². The van der Waals surface area contributed by atoms with E-state index >= 15 is 0 Å². The molecule has 3 heterocycles. The molecule has 0 saturated carbocycles. The highest BCUT2D eigenvalue weighted by Gasteiger charge is 2.18. The number of carbonyl (C=O) groups excluding carboxylic acids is 1. The van der Waals surface area contributed by atoms with Gasteiger partial charge in [0.05, 0.1) is 23.7 Å². The van der Waals surface area contributed by atoms with Crippen LogP contribution in [0.15, 0.2) is 77.9 Å². The summed E-state index contributed by atoms with van der Waals surface area (Å²) in [6.45, 7) is 0.